The zero-order chi connectivity index (χ0) is 10.8. The number of benzene rings is 1. The third kappa shape index (κ3) is 2.49. The van der Waals surface area contributed by atoms with Crippen LogP contribution >= 0.6 is 7.91 Å². The summed E-state index contributed by atoms with van der Waals surface area (Å²) < 4.78 is 56.5. The molecule has 0 radical (unpaired) electrons. The van der Waals surface area contributed by atoms with Crippen LogP contribution in [-0.2, 0) is 9.09 Å². The molecule has 1 rings (SSSR count). The van der Waals surface area contributed by atoms with Crippen LogP contribution in [0.5, 0.6) is 5.75 Å². The van der Waals surface area contributed by atoms with Gasteiger partial charge in [0.1, 0.15) is 0 Å². The largest absolute Gasteiger partial charge is 0.569 e. The smallest absolute Gasteiger partial charge is 0.398 e. The third-order valence-electron chi connectivity index (χ3n) is 1.34. The third-order valence-corrected chi connectivity index (χ3v) is 2.19. The molecule has 0 aliphatic rings. The van der Waals surface area contributed by atoms with Crippen molar-refractivity contribution in [2.45, 2.75) is 0 Å². The Hall–Kier alpha value is -1.00. The fourth-order valence-corrected chi connectivity index (χ4v) is 1.16. The highest BCUT2D eigenvalue weighted by atomic mass is 31.2. The van der Waals surface area contributed by atoms with Crippen LogP contribution in [0.3, 0.4) is 0 Å². The molecule has 1 aromatic rings. The first kappa shape index (κ1) is 11.1. The van der Waals surface area contributed by atoms with Gasteiger partial charge in [-0.05, 0) is 12.1 Å². The molecule has 0 bridgehead atoms. The molecule has 0 N–H and O–H groups in total. The van der Waals surface area contributed by atoms with Gasteiger partial charge in [-0.15, -0.1) is 4.20 Å². The summed E-state index contributed by atoms with van der Waals surface area (Å²) in [5, 5.41) is 0. The molecule has 14 heavy (non-hydrogen) atoms. The average molecular weight is 226 g/mol. The van der Waals surface area contributed by atoms with Gasteiger partial charge in [-0.2, -0.15) is 4.39 Å². The number of hydrogen-bond donors (Lipinski definition) is 0. The molecule has 0 spiro atoms. The molecule has 1 aromatic carbocycles. The van der Waals surface area contributed by atoms with E-state index in [1.165, 1.54) is 0 Å². The summed E-state index contributed by atoms with van der Waals surface area (Å²) in [7, 11) is -4.06. The van der Waals surface area contributed by atoms with Crippen molar-refractivity contribution in [3.05, 3.63) is 29.8 Å². The number of halogens is 3. The standard InChI is InChI=1S/C7H6F3O3P/c1-12-14(10,11)13-6-4-2-3-5(8)7(6)9/h2-4H,1H3. The van der Waals surface area contributed by atoms with E-state index in [2.05, 4.69) is 9.05 Å². The zero-order valence-corrected chi connectivity index (χ0v) is 7.93. The topological polar surface area (TPSA) is 35.5 Å². The maximum atomic E-state index is 12.8. The summed E-state index contributed by atoms with van der Waals surface area (Å²) in [5.74, 6) is -3.43. The summed E-state index contributed by atoms with van der Waals surface area (Å²) in [6.07, 6.45) is 0. The second kappa shape index (κ2) is 4.02. The Morgan fingerprint density at radius 2 is 2.00 bits per heavy atom. The molecule has 0 saturated carbocycles. The van der Waals surface area contributed by atoms with E-state index in [4.69, 9.17) is 0 Å². The molecule has 0 aliphatic heterocycles. The van der Waals surface area contributed by atoms with Gasteiger partial charge in [0, 0.05) is 7.11 Å². The molecular weight excluding hydrogens is 220 g/mol. The summed E-state index contributed by atoms with van der Waals surface area (Å²) in [6, 6.07) is 2.84. The quantitative estimate of drug-likeness (QED) is 0.743. The summed E-state index contributed by atoms with van der Waals surface area (Å²) in [4.78, 5) is 0. The van der Waals surface area contributed by atoms with Crippen LogP contribution in [0.4, 0.5) is 13.0 Å². The van der Waals surface area contributed by atoms with Crippen LogP contribution in [0, 0.1) is 11.6 Å². The molecule has 0 heterocycles. The minimum Gasteiger partial charge on any atom is -0.398 e. The monoisotopic (exact) mass is 226 g/mol. The summed E-state index contributed by atoms with van der Waals surface area (Å²) in [5.41, 5.74) is 0. The van der Waals surface area contributed by atoms with Gasteiger partial charge in [0.25, 0.3) is 0 Å². The van der Waals surface area contributed by atoms with E-state index in [0.29, 0.717) is 0 Å². The average Bonchev–Trinajstić information content (AvgIpc) is 2.13. The molecule has 0 fully saturated rings. The second-order valence-corrected chi connectivity index (χ2v) is 3.67. The van der Waals surface area contributed by atoms with Gasteiger partial charge >= 0.3 is 7.91 Å². The van der Waals surface area contributed by atoms with Crippen LogP contribution in [0.2, 0.25) is 0 Å². The minimum atomic E-state index is -4.85. The molecule has 3 nitrogen and oxygen atoms in total. The van der Waals surface area contributed by atoms with Gasteiger partial charge in [-0.25, -0.2) is 8.96 Å². The van der Waals surface area contributed by atoms with Crippen molar-refractivity contribution in [3.8, 4) is 5.75 Å². The highest BCUT2D eigenvalue weighted by Crippen LogP contribution is 2.49. The van der Waals surface area contributed by atoms with Crippen molar-refractivity contribution in [1.29, 1.82) is 0 Å². The Morgan fingerprint density at radius 3 is 2.57 bits per heavy atom. The SMILES string of the molecule is COP(=O)(F)Oc1cccc(F)c1F. The highest BCUT2D eigenvalue weighted by molar-refractivity contribution is 7.48. The van der Waals surface area contributed by atoms with Gasteiger partial charge < -0.3 is 4.52 Å². The second-order valence-electron chi connectivity index (χ2n) is 2.26. The Balaban J connectivity index is 2.98. The van der Waals surface area contributed by atoms with Crippen LogP contribution in [0.15, 0.2) is 18.2 Å². The number of hydrogen-bond acceptors (Lipinski definition) is 3. The predicted octanol–water partition coefficient (Wildman–Crippen LogP) is 3.07. The highest BCUT2D eigenvalue weighted by Gasteiger charge is 2.26. The molecule has 0 aromatic heterocycles. The molecule has 0 aliphatic carbocycles. The Labute approximate surface area is 78.1 Å². The molecule has 78 valence electrons. The van der Waals surface area contributed by atoms with Crippen LogP contribution in [-0.4, -0.2) is 7.11 Å². The van der Waals surface area contributed by atoms with Crippen molar-refractivity contribution in [2.75, 3.05) is 7.11 Å². The molecule has 7 heteroatoms. The van der Waals surface area contributed by atoms with E-state index < -0.39 is 25.3 Å². The minimum absolute atomic E-state index is 0.790. The van der Waals surface area contributed by atoms with Crippen molar-refractivity contribution in [2.24, 2.45) is 0 Å². The molecule has 1 unspecified atom stereocenters. The fraction of sp³-hybridized carbons (Fsp3) is 0.143. The lowest BCUT2D eigenvalue weighted by molar-refractivity contribution is 0.275. The van der Waals surface area contributed by atoms with Gasteiger partial charge in [0.05, 0.1) is 0 Å². The van der Waals surface area contributed by atoms with Crippen LogP contribution < -0.4 is 4.52 Å². The van der Waals surface area contributed by atoms with Crippen LogP contribution in [0.25, 0.3) is 0 Å². The van der Waals surface area contributed by atoms with E-state index in [1.807, 2.05) is 0 Å². The van der Waals surface area contributed by atoms with E-state index >= 15 is 0 Å². The van der Waals surface area contributed by atoms with Gasteiger partial charge in [-0.1, -0.05) is 6.07 Å². The first-order chi connectivity index (χ1) is 6.46. The first-order valence-corrected chi connectivity index (χ1v) is 4.88. The Morgan fingerprint density at radius 1 is 1.36 bits per heavy atom. The Bertz CT molecular complexity index is 382. The first-order valence-electron chi connectivity index (χ1n) is 3.45. The van der Waals surface area contributed by atoms with E-state index in [9.17, 15) is 17.5 Å². The number of rotatable bonds is 3. The van der Waals surface area contributed by atoms with Crippen molar-refractivity contribution in [1.82, 2.24) is 0 Å². The Kier molecular flexibility index (Phi) is 3.18. The molecule has 0 amide bonds. The van der Waals surface area contributed by atoms with E-state index in [0.717, 1.165) is 25.3 Å². The zero-order valence-electron chi connectivity index (χ0n) is 7.04. The van der Waals surface area contributed by atoms with Gasteiger partial charge in [0.15, 0.2) is 11.6 Å². The molecule has 1 atom stereocenters. The summed E-state index contributed by atoms with van der Waals surface area (Å²) >= 11 is 0. The van der Waals surface area contributed by atoms with Crippen molar-refractivity contribution < 1.29 is 26.6 Å². The van der Waals surface area contributed by atoms with Crippen molar-refractivity contribution >= 4 is 7.91 Å². The normalized spacial score (nSPS) is 14.9. The lowest BCUT2D eigenvalue weighted by Gasteiger charge is -2.08. The van der Waals surface area contributed by atoms with Gasteiger partial charge in [-0.3, -0.25) is 4.52 Å². The molecule has 0 saturated heterocycles. The summed E-state index contributed by atoms with van der Waals surface area (Å²) in [6.45, 7) is 0. The fourth-order valence-electron chi connectivity index (χ4n) is 0.709. The van der Waals surface area contributed by atoms with E-state index in [1.54, 1.807) is 0 Å². The van der Waals surface area contributed by atoms with Crippen LogP contribution in [0.1, 0.15) is 0 Å². The lowest BCUT2D eigenvalue weighted by atomic mass is 10.3. The maximum absolute atomic E-state index is 12.8. The lowest BCUT2D eigenvalue weighted by Crippen LogP contribution is -1.94. The predicted molar refractivity (Wildman–Crippen MR) is 42.7 cm³/mol. The van der Waals surface area contributed by atoms with Crippen molar-refractivity contribution in [3.63, 3.8) is 0 Å². The van der Waals surface area contributed by atoms with Gasteiger partial charge in [0.2, 0.25) is 5.82 Å². The maximum Gasteiger partial charge on any atom is 0.569 e. The molecular formula is C7H6F3O3P. The van der Waals surface area contributed by atoms with E-state index in [-0.39, 0.29) is 0 Å².